The Morgan fingerprint density at radius 3 is 3.10 bits per heavy atom. The van der Waals surface area contributed by atoms with Crippen LogP contribution in [0.25, 0.3) is 6.08 Å². The molecule has 20 heavy (non-hydrogen) atoms. The number of hydrogen-bond acceptors (Lipinski definition) is 6. The third-order valence-electron chi connectivity index (χ3n) is 3.73. The van der Waals surface area contributed by atoms with Gasteiger partial charge in [0.05, 0.1) is 18.3 Å². The number of nitrogens with zero attached hydrogens (tertiary/aromatic N) is 2. The van der Waals surface area contributed by atoms with Crippen molar-refractivity contribution in [2.75, 3.05) is 18.6 Å². The monoisotopic (exact) mass is 278 g/mol. The maximum absolute atomic E-state index is 9.85. The molecule has 3 heterocycles. The van der Waals surface area contributed by atoms with Gasteiger partial charge in [0, 0.05) is 18.2 Å². The lowest BCUT2D eigenvalue weighted by Gasteiger charge is -2.20. The summed E-state index contributed by atoms with van der Waals surface area (Å²) in [7, 11) is 0. The molecule has 0 amide bonds. The average Bonchev–Trinajstić information content (AvgIpc) is 3.00. The van der Waals surface area contributed by atoms with Gasteiger partial charge in [-0.2, -0.15) is 0 Å². The van der Waals surface area contributed by atoms with Gasteiger partial charge in [-0.05, 0) is 0 Å². The molecule has 3 atom stereocenters. The molecule has 1 saturated heterocycles. The van der Waals surface area contributed by atoms with Crippen LogP contribution in [-0.4, -0.2) is 46.1 Å². The van der Waals surface area contributed by atoms with Gasteiger partial charge in [-0.3, -0.25) is 0 Å². The smallest absolute Gasteiger partial charge is 0.138 e. The Labute approximate surface area is 116 Å². The number of aliphatic hydroxyl groups is 2. The van der Waals surface area contributed by atoms with Crippen molar-refractivity contribution in [3.63, 3.8) is 0 Å². The lowest BCUT2D eigenvalue weighted by molar-refractivity contribution is -0.0436. The summed E-state index contributed by atoms with van der Waals surface area (Å²) in [5, 5.41) is 22.2. The summed E-state index contributed by atoms with van der Waals surface area (Å²) in [6.07, 6.45) is 2.42. The fourth-order valence-corrected chi connectivity index (χ4v) is 2.70. The molecule has 108 valence electrons. The molecule has 0 radical (unpaired) electrons. The van der Waals surface area contributed by atoms with E-state index < -0.39 is 12.2 Å². The number of fused-ring (bicyclic) bond motifs is 1. The fraction of sp³-hybridized carbons (Fsp3) is 0.462. The van der Waals surface area contributed by atoms with Crippen LogP contribution >= 0.6 is 0 Å². The van der Waals surface area contributed by atoms with Crippen LogP contribution in [0.3, 0.4) is 0 Å². The third-order valence-corrected chi connectivity index (χ3v) is 3.73. The molecule has 0 saturated carbocycles. The van der Waals surface area contributed by atoms with Gasteiger partial charge in [-0.25, -0.2) is 4.99 Å². The van der Waals surface area contributed by atoms with Gasteiger partial charge >= 0.3 is 0 Å². The molecule has 0 bridgehead atoms. The SMILES string of the molecule is C=Cc1cn(C2CC(O)C(CO)O2)c2c1C(N)=NCN2. The molecule has 7 nitrogen and oxygen atoms in total. The molecular weight excluding hydrogens is 260 g/mol. The summed E-state index contributed by atoms with van der Waals surface area (Å²) >= 11 is 0. The minimum Gasteiger partial charge on any atom is -0.394 e. The Kier molecular flexibility index (Phi) is 3.25. The molecule has 3 unspecified atom stereocenters. The van der Waals surface area contributed by atoms with Gasteiger partial charge in [0.1, 0.15) is 30.7 Å². The van der Waals surface area contributed by atoms with Crippen LogP contribution < -0.4 is 11.1 Å². The van der Waals surface area contributed by atoms with Crippen LogP contribution in [0.5, 0.6) is 0 Å². The van der Waals surface area contributed by atoms with Gasteiger partial charge < -0.3 is 30.6 Å². The van der Waals surface area contributed by atoms with E-state index in [1.54, 1.807) is 6.08 Å². The maximum Gasteiger partial charge on any atom is 0.138 e. The molecule has 3 rings (SSSR count). The van der Waals surface area contributed by atoms with Crippen molar-refractivity contribution >= 4 is 17.7 Å². The second-order valence-corrected chi connectivity index (χ2v) is 4.91. The number of aliphatic hydroxyl groups excluding tert-OH is 2. The molecule has 0 aliphatic carbocycles. The topological polar surface area (TPSA) is 105 Å². The van der Waals surface area contributed by atoms with Crippen LogP contribution in [0.4, 0.5) is 5.82 Å². The first-order valence-electron chi connectivity index (χ1n) is 6.51. The zero-order valence-corrected chi connectivity index (χ0v) is 11.0. The summed E-state index contributed by atoms with van der Waals surface area (Å²) in [5.74, 6) is 1.27. The molecule has 1 aromatic rings. The summed E-state index contributed by atoms with van der Waals surface area (Å²) < 4.78 is 7.56. The van der Waals surface area contributed by atoms with Crippen molar-refractivity contribution < 1.29 is 14.9 Å². The lowest BCUT2D eigenvalue weighted by Crippen LogP contribution is -2.25. The van der Waals surface area contributed by atoms with Gasteiger partial charge in [0.25, 0.3) is 0 Å². The summed E-state index contributed by atoms with van der Waals surface area (Å²) in [6, 6.07) is 0. The normalized spacial score (nSPS) is 28.7. The number of hydrogen-bond donors (Lipinski definition) is 4. The third kappa shape index (κ3) is 1.91. The zero-order chi connectivity index (χ0) is 14.3. The molecule has 1 fully saturated rings. The number of rotatable bonds is 3. The van der Waals surface area contributed by atoms with Crippen LogP contribution in [-0.2, 0) is 4.74 Å². The number of aliphatic imine (C=N–C) groups is 1. The standard InChI is InChI=1S/C13H18N4O3/c1-2-7-4-17(10-3-8(19)9(5-18)20-10)13-11(7)12(14)15-6-16-13/h2,4,8-10,16,18-19H,1,3,5-6H2,(H2,14,15). The highest BCUT2D eigenvalue weighted by atomic mass is 16.5. The predicted molar refractivity (Wildman–Crippen MR) is 75.4 cm³/mol. The molecule has 5 N–H and O–H groups in total. The second kappa shape index (κ2) is 4.93. The van der Waals surface area contributed by atoms with Crippen molar-refractivity contribution in [3.8, 4) is 0 Å². The zero-order valence-electron chi connectivity index (χ0n) is 11.0. The van der Waals surface area contributed by atoms with Crippen LogP contribution in [0.2, 0.25) is 0 Å². The highest BCUT2D eigenvalue weighted by molar-refractivity contribution is 6.06. The second-order valence-electron chi connectivity index (χ2n) is 4.91. The fourth-order valence-electron chi connectivity index (χ4n) is 2.70. The minimum absolute atomic E-state index is 0.202. The van der Waals surface area contributed by atoms with E-state index in [1.807, 2.05) is 10.8 Å². The maximum atomic E-state index is 9.85. The largest absolute Gasteiger partial charge is 0.394 e. The van der Waals surface area contributed by atoms with Crippen molar-refractivity contribution in [3.05, 3.63) is 23.9 Å². The number of amidine groups is 1. The summed E-state index contributed by atoms with van der Waals surface area (Å²) in [5.41, 5.74) is 7.60. The number of ether oxygens (including phenoxy) is 1. The Morgan fingerprint density at radius 1 is 1.65 bits per heavy atom. The molecule has 7 heteroatoms. The Bertz CT molecular complexity index is 566. The van der Waals surface area contributed by atoms with Crippen LogP contribution in [0.1, 0.15) is 23.8 Å². The van der Waals surface area contributed by atoms with E-state index in [2.05, 4.69) is 16.9 Å². The first-order chi connectivity index (χ1) is 9.65. The first-order valence-corrected chi connectivity index (χ1v) is 6.51. The minimum atomic E-state index is -0.676. The molecule has 2 aliphatic rings. The Balaban J connectivity index is 2.00. The molecule has 0 spiro atoms. The van der Waals surface area contributed by atoms with Crippen molar-refractivity contribution in [1.29, 1.82) is 0 Å². The Morgan fingerprint density at radius 2 is 2.45 bits per heavy atom. The van der Waals surface area contributed by atoms with Gasteiger partial charge in [-0.15, -0.1) is 0 Å². The van der Waals surface area contributed by atoms with Crippen LogP contribution in [0, 0.1) is 0 Å². The van der Waals surface area contributed by atoms with Gasteiger partial charge in [0.2, 0.25) is 0 Å². The number of nitrogens with one attached hydrogen (secondary N) is 1. The van der Waals surface area contributed by atoms with Crippen molar-refractivity contribution in [2.45, 2.75) is 24.9 Å². The van der Waals surface area contributed by atoms with Gasteiger partial charge in [-0.1, -0.05) is 12.7 Å². The highest BCUT2D eigenvalue weighted by Gasteiger charge is 2.36. The van der Waals surface area contributed by atoms with E-state index in [-0.39, 0.29) is 12.8 Å². The van der Waals surface area contributed by atoms with Crippen molar-refractivity contribution in [1.82, 2.24) is 4.57 Å². The van der Waals surface area contributed by atoms with E-state index in [9.17, 15) is 5.11 Å². The summed E-state index contributed by atoms with van der Waals surface area (Å²) in [6.45, 7) is 3.98. The molecule has 0 aromatic carbocycles. The van der Waals surface area contributed by atoms with Crippen LogP contribution in [0.15, 0.2) is 17.8 Å². The van der Waals surface area contributed by atoms with E-state index in [4.69, 9.17) is 15.6 Å². The van der Waals surface area contributed by atoms with E-state index in [0.717, 1.165) is 16.9 Å². The molecular formula is C13H18N4O3. The average molecular weight is 278 g/mol. The number of nitrogens with two attached hydrogens (primary N) is 1. The Hall–Kier alpha value is -1.83. The number of aromatic nitrogens is 1. The first kappa shape index (κ1) is 13.2. The molecule has 2 aliphatic heterocycles. The van der Waals surface area contributed by atoms with E-state index in [0.29, 0.717) is 18.9 Å². The summed E-state index contributed by atoms with van der Waals surface area (Å²) in [4.78, 5) is 4.16. The van der Waals surface area contributed by atoms with Crippen molar-refractivity contribution in [2.24, 2.45) is 10.7 Å². The highest BCUT2D eigenvalue weighted by Crippen LogP contribution is 2.35. The van der Waals surface area contributed by atoms with E-state index >= 15 is 0 Å². The van der Waals surface area contributed by atoms with Gasteiger partial charge in [0.15, 0.2) is 0 Å². The molecule has 1 aromatic heterocycles. The number of anilines is 1. The van der Waals surface area contributed by atoms with E-state index in [1.165, 1.54) is 0 Å². The predicted octanol–water partition coefficient (Wildman–Crippen LogP) is -0.140. The lowest BCUT2D eigenvalue weighted by atomic mass is 10.1. The quantitative estimate of drug-likeness (QED) is 0.616.